The Balaban J connectivity index is 2.30. The van der Waals surface area contributed by atoms with Crippen molar-refractivity contribution >= 4 is 35.1 Å². The highest BCUT2D eigenvalue weighted by atomic mass is 32.1. The number of alkyl carbamates (subject to hydrolysis) is 1. The van der Waals surface area contributed by atoms with Gasteiger partial charge in [0.2, 0.25) is 0 Å². The lowest BCUT2D eigenvalue weighted by Crippen LogP contribution is -2.39. The molecule has 0 atom stereocenters. The Morgan fingerprint density at radius 1 is 1.08 bits per heavy atom. The SMILES string of the molecule is CCOC(=O)c1ccc(NC(=S)NCCNC(=O)OC(C)(C)C)cc1. The molecule has 0 aliphatic carbocycles. The summed E-state index contributed by atoms with van der Waals surface area (Å²) < 4.78 is 10.0. The number of carbonyl (C=O) groups is 2. The van der Waals surface area contributed by atoms with Gasteiger partial charge in [-0.15, -0.1) is 0 Å². The monoisotopic (exact) mass is 367 g/mol. The molecule has 0 aliphatic rings. The predicted octanol–water partition coefficient (Wildman–Crippen LogP) is 2.67. The molecular formula is C17H25N3O4S. The Kier molecular flexibility index (Phi) is 8.13. The summed E-state index contributed by atoms with van der Waals surface area (Å²) in [6.45, 7) is 8.33. The summed E-state index contributed by atoms with van der Waals surface area (Å²) in [5.74, 6) is -0.358. The van der Waals surface area contributed by atoms with Crippen molar-refractivity contribution < 1.29 is 19.1 Å². The number of hydrogen-bond acceptors (Lipinski definition) is 5. The van der Waals surface area contributed by atoms with Gasteiger partial charge < -0.3 is 25.4 Å². The van der Waals surface area contributed by atoms with Crippen molar-refractivity contribution in [2.45, 2.75) is 33.3 Å². The lowest BCUT2D eigenvalue weighted by atomic mass is 10.2. The van der Waals surface area contributed by atoms with Crippen LogP contribution in [0.4, 0.5) is 10.5 Å². The summed E-state index contributed by atoms with van der Waals surface area (Å²) in [6.07, 6.45) is -0.470. The molecule has 1 rings (SSSR count). The van der Waals surface area contributed by atoms with Crippen molar-refractivity contribution in [3.63, 3.8) is 0 Å². The Hall–Kier alpha value is -2.35. The van der Waals surface area contributed by atoms with E-state index in [4.69, 9.17) is 21.7 Å². The Morgan fingerprint density at radius 3 is 2.24 bits per heavy atom. The number of esters is 1. The number of rotatable bonds is 6. The summed E-state index contributed by atoms with van der Waals surface area (Å²) in [5, 5.41) is 9.00. The van der Waals surface area contributed by atoms with Crippen molar-refractivity contribution in [1.82, 2.24) is 10.6 Å². The summed E-state index contributed by atoms with van der Waals surface area (Å²) >= 11 is 5.17. The van der Waals surface area contributed by atoms with Crippen molar-refractivity contribution in [3.05, 3.63) is 29.8 Å². The number of ether oxygens (including phenoxy) is 2. The molecule has 0 aromatic heterocycles. The number of anilines is 1. The van der Waals surface area contributed by atoms with Crippen LogP contribution in [0.2, 0.25) is 0 Å². The molecule has 0 unspecified atom stereocenters. The smallest absolute Gasteiger partial charge is 0.407 e. The fraction of sp³-hybridized carbons (Fsp3) is 0.471. The van der Waals surface area contributed by atoms with Crippen molar-refractivity contribution in [1.29, 1.82) is 0 Å². The summed E-state index contributed by atoms with van der Waals surface area (Å²) in [4.78, 5) is 23.0. The molecule has 0 bridgehead atoms. The summed E-state index contributed by atoms with van der Waals surface area (Å²) in [5.41, 5.74) is 0.697. The second-order valence-electron chi connectivity index (χ2n) is 6.11. The van der Waals surface area contributed by atoms with E-state index in [2.05, 4.69) is 16.0 Å². The lowest BCUT2D eigenvalue weighted by Gasteiger charge is -2.19. The molecule has 1 amide bonds. The zero-order chi connectivity index (χ0) is 18.9. The van der Waals surface area contributed by atoms with Gasteiger partial charge in [-0.25, -0.2) is 9.59 Å². The van der Waals surface area contributed by atoms with Crippen LogP contribution in [-0.2, 0) is 9.47 Å². The Labute approximate surface area is 153 Å². The van der Waals surface area contributed by atoms with Crippen LogP contribution in [0, 0.1) is 0 Å². The highest BCUT2D eigenvalue weighted by Crippen LogP contribution is 2.10. The normalized spacial score (nSPS) is 10.6. The maximum atomic E-state index is 11.6. The first kappa shape index (κ1) is 20.7. The number of thiocarbonyl (C=S) groups is 1. The van der Waals surface area contributed by atoms with Gasteiger partial charge in [0.1, 0.15) is 5.60 Å². The van der Waals surface area contributed by atoms with Crippen LogP contribution in [0.25, 0.3) is 0 Å². The molecular weight excluding hydrogens is 342 g/mol. The van der Waals surface area contributed by atoms with Crippen molar-refractivity contribution in [2.75, 3.05) is 25.0 Å². The van der Waals surface area contributed by atoms with Crippen LogP contribution in [0.5, 0.6) is 0 Å². The molecule has 0 radical (unpaired) electrons. The van der Waals surface area contributed by atoms with E-state index < -0.39 is 11.7 Å². The lowest BCUT2D eigenvalue weighted by molar-refractivity contribution is 0.0517. The van der Waals surface area contributed by atoms with Gasteiger partial charge >= 0.3 is 12.1 Å². The minimum atomic E-state index is -0.524. The fourth-order valence-corrected chi connectivity index (χ4v) is 1.95. The molecule has 1 aromatic carbocycles. The first-order chi connectivity index (χ1) is 11.7. The molecule has 1 aromatic rings. The number of benzene rings is 1. The van der Waals surface area contributed by atoms with Crippen LogP contribution in [0.1, 0.15) is 38.1 Å². The zero-order valence-electron chi connectivity index (χ0n) is 15.0. The quantitative estimate of drug-likeness (QED) is 0.405. The maximum Gasteiger partial charge on any atom is 0.407 e. The van der Waals surface area contributed by atoms with Gasteiger partial charge in [-0.3, -0.25) is 0 Å². The maximum absolute atomic E-state index is 11.6. The predicted molar refractivity (Wildman–Crippen MR) is 101 cm³/mol. The first-order valence-electron chi connectivity index (χ1n) is 8.00. The molecule has 0 aliphatic heterocycles. The van der Waals surface area contributed by atoms with Gasteiger partial charge in [0.15, 0.2) is 5.11 Å². The van der Waals surface area contributed by atoms with Crippen LogP contribution >= 0.6 is 12.2 Å². The van der Waals surface area contributed by atoms with Gasteiger partial charge in [-0.05, 0) is 64.2 Å². The third kappa shape index (κ3) is 8.90. The molecule has 0 heterocycles. The minimum Gasteiger partial charge on any atom is -0.462 e. The minimum absolute atomic E-state index is 0.337. The van der Waals surface area contributed by atoms with Crippen molar-refractivity contribution in [3.8, 4) is 0 Å². The summed E-state index contributed by atoms with van der Waals surface area (Å²) in [7, 11) is 0. The van der Waals surface area contributed by atoms with E-state index in [9.17, 15) is 9.59 Å². The Bertz CT molecular complexity index is 597. The largest absolute Gasteiger partial charge is 0.462 e. The average molecular weight is 367 g/mol. The molecule has 0 spiro atoms. The Morgan fingerprint density at radius 2 is 1.68 bits per heavy atom. The number of amides is 1. The highest BCUT2D eigenvalue weighted by molar-refractivity contribution is 7.80. The van der Waals surface area contributed by atoms with Gasteiger partial charge in [-0.2, -0.15) is 0 Å². The molecule has 0 fully saturated rings. The second kappa shape index (κ2) is 9.83. The van der Waals surface area contributed by atoms with E-state index in [1.165, 1.54) is 0 Å². The van der Waals surface area contributed by atoms with Crippen molar-refractivity contribution in [2.24, 2.45) is 0 Å². The topological polar surface area (TPSA) is 88.7 Å². The zero-order valence-corrected chi connectivity index (χ0v) is 15.8. The summed E-state index contributed by atoms with van der Waals surface area (Å²) in [6, 6.07) is 6.79. The van der Waals surface area contributed by atoms with Crippen LogP contribution in [0.15, 0.2) is 24.3 Å². The van der Waals surface area contributed by atoms with E-state index in [1.807, 2.05) is 0 Å². The van der Waals surface area contributed by atoms with E-state index >= 15 is 0 Å². The molecule has 138 valence electrons. The van der Waals surface area contributed by atoms with E-state index in [-0.39, 0.29) is 5.97 Å². The molecule has 8 heteroatoms. The van der Waals surface area contributed by atoms with E-state index in [0.717, 1.165) is 5.69 Å². The van der Waals surface area contributed by atoms with E-state index in [0.29, 0.717) is 30.4 Å². The third-order valence-corrected chi connectivity index (χ3v) is 2.98. The first-order valence-corrected chi connectivity index (χ1v) is 8.41. The average Bonchev–Trinajstić information content (AvgIpc) is 2.51. The molecule has 3 N–H and O–H groups in total. The molecule has 0 saturated heterocycles. The van der Waals surface area contributed by atoms with Gasteiger partial charge in [0, 0.05) is 18.8 Å². The molecule has 7 nitrogen and oxygen atoms in total. The van der Waals surface area contributed by atoms with Crippen LogP contribution in [-0.4, -0.2) is 42.5 Å². The van der Waals surface area contributed by atoms with Gasteiger partial charge in [0.05, 0.1) is 12.2 Å². The highest BCUT2D eigenvalue weighted by Gasteiger charge is 2.15. The van der Waals surface area contributed by atoms with Crippen LogP contribution in [0.3, 0.4) is 0 Å². The number of hydrogen-bond donors (Lipinski definition) is 3. The fourth-order valence-electron chi connectivity index (χ4n) is 1.73. The number of carbonyl (C=O) groups excluding carboxylic acids is 2. The second-order valence-corrected chi connectivity index (χ2v) is 6.52. The van der Waals surface area contributed by atoms with Gasteiger partial charge in [0.25, 0.3) is 0 Å². The van der Waals surface area contributed by atoms with Crippen LogP contribution < -0.4 is 16.0 Å². The standard InChI is InChI=1S/C17H25N3O4S/c1-5-23-14(21)12-6-8-13(9-7-12)20-15(25)18-10-11-19-16(22)24-17(2,3)4/h6-9H,5,10-11H2,1-4H3,(H,19,22)(H2,18,20,25). The number of nitrogens with one attached hydrogen (secondary N) is 3. The van der Waals surface area contributed by atoms with Gasteiger partial charge in [-0.1, -0.05) is 0 Å². The molecule has 25 heavy (non-hydrogen) atoms. The molecule has 0 saturated carbocycles. The van der Waals surface area contributed by atoms with E-state index in [1.54, 1.807) is 52.0 Å². The third-order valence-electron chi connectivity index (χ3n) is 2.73.